The lowest BCUT2D eigenvalue weighted by molar-refractivity contribution is -0.183. The Morgan fingerprint density at radius 3 is 2.73 bits per heavy atom. The van der Waals surface area contributed by atoms with Crippen molar-refractivity contribution in [3.63, 3.8) is 0 Å². The zero-order chi connectivity index (χ0) is 31.7. The Hall–Kier alpha value is -2.65. The number of aromatic nitrogens is 7. The number of ether oxygens (including phenoxy) is 3. The fourth-order valence-corrected chi connectivity index (χ4v) is 8.08. The summed E-state index contributed by atoms with van der Waals surface area (Å²) in [6, 6.07) is 1.61. The molecule has 4 aromatic heterocycles. The van der Waals surface area contributed by atoms with Crippen molar-refractivity contribution in [2.45, 2.75) is 48.9 Å². The van der Waals surface area contributed by atoms with Crippen LogP contribution in [0.1, 0.15) is 18.9 Å². The molecule has 0 aliphatic carbocycles. The minimum atomic E-state index is -4.08. The number of nitrogens with zero attached hydrogens (tertiary/aromatic N) is 6. The van der Waals surface area contributed by atoms with E-state index in [9.17, 15) is 19.4 Å². The number of pyridine rings is 1. The summed E-state index contributed by atoms with van der Waals surface area (Å²) in [5.74, 6) is -0.145. The van der Waals surface area contributed by atoms with Crippen molar-refractivity contribution in [3.8, 4) is 0 Å². The molecule has 3 fully saturated rings. The second-order valence-electron chi connectivity index (χ2n) is 10.6. The van der Waals surface area contributed by atoms with Gasteiger partial charge < -0.3 is 44.7 Å². The van der Waals surface area contributed by atoms with E-state index in [1.165, 1.54) is 23.4 Å². The zero-order valence-electron chi connectivity index (χ0n) is 22.9. The summed E-state index contributed by atoms with van der Waals surface area (Å²) >= 11 is 9.29. The molecule has 0 saturated carbocycles. The highest BCUT2D eigenvalue weighted by molar-refractivity contribution is 8.39. The van der Waals surface area contributed by atoms with E-state index in [0.717, 1.165) is 0 Å². The van der Waals surface area contributed by atoms with Gasteiger partial charge in [-0.25, -0.2) is 15.0 Å². The molecule has 0 radical (unpaired) electrons. The van der Waals surface area contributed by atoms with Crippen LogP contribution in [0.2, 0.25) is 0 Å². The van der Waals surface area contributed by atoms with Gasteiger partial charge in [-0.3, -0.25) is 18.9 Å². The summed E-state index contributed by atoms with van der Waals surface area (Å²) in [5.41, 5.74) is 11.2. The molecule has 2 bridgehead atoms. The predicted molar refractivity (Wildman–Crippen MR) is 162 cm³/mol. The molecule has 0 spiro atoms. The SMILES string of the molecule is Nc1nc2c(ncn2[C@@H]2O[C@H](CO)C[C@H]2OP(O)(=S)OC[C@@]23CO[C@@H]([C@H](n4cnc5c(N)ccnc54)O2)[C@@H]3O[P+](=O)S)c(=O)[nH]1. The lowest BCUT2D eigenvalue weighted by Gasteiger charge is -2.32. The van der Waals surface area contributed by atoms with Crippen molar-refractivity contribution in [2.24, 2.45) is 0 Å². The first-order valence-electron chi connectivity index (χ1n) is 13.3. The molecule has 0 amide bonds. The number of aliphatic hydroxyl groups is 1. The van der Waals surface area contributed by atoms with Crippen LogP contribution in [0.15, 0.2) is 29.7 Å². The summed E-state index contributed by atoms with van der Waals surface area (Å²) in [6.07, 6.45) is -0.840. The largest absolute Gasteiger partial charge is 0.582 e. The molecule has 3 aliphatic heterocycles. The second kappa shape index (κ2) is 11.5. The number of rotatable bonds is 10. The standard InChI is InChI=1S/C22H25N9O10P2S2/c23-10-1-2-25-16-12(10)26-7-30(16)20-14-15(40-42(34)44)22(39-20,5-36-14)6-37-43(35,45)41-11-3-9(4-32)38-19(11)31-8-27-13-17(31)28-21(24)29-18(13)33/h1-2,7-9,11,14-15,19-20,32H,3-6H2,(H6-,23,24,25,28,29,33,34,35,44,45)/p+1/t9-,11+,14+,15-,19+,20+,22+,43?/m0/s1. The summed E-state index contributed by atoms with van der Waals surface area (Å²) < 4.78 is 50.8. The predicted octanol–water partition coefficient (Wildman–Crippen LogP) is 0.266. The lowest BCUT2D eigenvalue weighted by atomic mass is 10.0. The zero-order valence-corrected chi connectivity index (χ0v) is 26.3. The van der Waals surface area contributed by atoms with Gasteiger partial charge in [0.25, 0.3) is 5.56 Å². The van der Waals surface area contributed by atoms with E-state index in [1.54, 1.807) is 10.6 Å². The Balaban J connectivity index is 1.13. The third kappa shape index (κ3) is 5.45. The first kappa shape index (κ1) is 31.0. The van der Waals surface area contributed by atoms with Crippen molar-refractivity contribution in [2.75, 3.05) is 31.3 Å². The normalized spacial score (nSPS) is 31.2. The van der Waals surface area contributed by atoms with Gasteiger partial charge in [-0.15, -0.1) is 4.52 Å². The molecule has 45 heavy (non-hydrogen) atoms. The third-order valence-electron chi connectivity index (χ3n) is 7.76. The number of thiol groups is 1. The van der Waals surface area contributed by atoms with Crippen molar-refractivity contribution in [3.05, 3.63) is 35.3 Å². The van der Waals surface area contributed by atoms with Crippen LogP contribution in [0.25, 0.3) is 22.3 Å². The summed E-state index contributed by atoms with van der Waals surface area (Å²) in [5, 5.41) is 9.80. The van der Waals surface area contributed by atoms with Crippen LogP contribution in [-0.4, -0.2) is 93.9 Å². The van der Waals surface area contributed by atoms with Crippen LogP contribution in [-0.2, 0) is 44.2 Å². The van der Waals surface area contributed by atoms with Crippen LogP contribution in [0, 0.1) is 0 Å². The minimum absolute atomic E-state index is 0.00127. The third-order valence-corrected chi connectivity index (χ3v) is 10.0. The van der Waals surface area contributed by atoms with Gasteiger partial charge >= 0.3 is 13.9 Å². The number of nitrogens with one attached hydrogen (secondary N) is 1. The van der Waals surface area contributed by atoms with Crippen LogP contribution in [0.5, 0.6) is 0 Å². The molecule has 7 N–H and O–H groups in total. The number of anilines is 2. The number of fused-ring (bicyclic) bond motifs is 4. The number of aliphatic hydroxyl groups excluding tert-OH is 1. The van der Waals surface area contributed by atoms with Gasteiger partial charge in [0, 0.05) is 12.6 Å². The van der Waals surface area contributed by atoms with E-state index in [4.69, 9.17) is 51.1 Å². The number of imidazole rings is 2. The van der Waals surface area contributed by atoms with Gasteiger partial charge in [0.2, 0.25) is 5.95 Å². The van der Waals surface area contributed by atoms with E-state index in [2.05, 4.69) is 37.2 Å². The molecule has 23 heteroatoms. The van der Waals surface area contributed by atoms with E-state index < -0.39 is 62.0 Å². The van der Waals surface area contributed by atoms with Crippen molar-refractivity contribution in [1.82, 2.24) is 34.1 Å². The van der Waals surface area contributed by atoms with E-state index in [-0.39, 0.29) is 43.4 Å². The Bertz CT molecular complexity index is 1910. The number of nitrogens with two attached hydrogens (primary N) is 2. The van der Waals surface area contributed by atoms with Gasteiger partial charge in [0.1, 0.15) is 30.0 Å². The highest BCUT2D eigenvalue weighted by atomic mass is 32.7. The number of H-pyrrole nitrogens is 1. The lowest BCUT2D eigenvalue weighted by Crippen LogP contribution is -2.45. The molecule has 7 rings (SSSR count). The van der Waals surface area contributed by atoms with Crippen LogP contribution in [0.3, 0.4) is 0 Å². The molecule has 7 heterocycles. The molecular formula is C22H26N9O10P2S2+. The highest BCUT2D eigenvalue weighted by Gasteiger charge is 2.66. The second-order valence-corrected chi connectivity index (χ2v) is 15.0. The van der Waals surface area contributed by atoms with Crippen LogP contribution >= 0.6 is 26.2 Å². The monoisotopic (exact) mass is 702 g/mol. The Labute approximate surface area is 263 Å². The quantitative estimate of drug-likeness (QED) is 0.0957. The molecule has 9 atom stereocenters. The maximum Gasteiger partial charge on any atom is 0.582 e. The van der Waals surface area contributed by atoms with Gasteiger partial charge in [-0.2, -0.15) is 4.98 Å². The fourth-order valence-electron chi connectivity index (χ4n) is 5.81. The number of aromatic amines is 1. The molecule has 19 nitrogen and oxygen atoms in total. The highest BCUT2D eigenvalue weighted by Crippen LogP contribution is 2.55. The molecular weight excluding hydrogens is 676 g/mol. The summed E-state index contributed by atoms with van der Waals surface area (Å²) in [6.45, 7) is -4.89. The van der Waals surface area contributed by atoms with Gasteiger partial charge in [0.15, 0.2) is 41.0 Å². The van der Waals surface area contributed by atoms with E-state index in [1.807, 2.05) is 0 Å². The molecule has 2 unspecified atom stereocenters. The first-order valence-corrected chi connectivity index (χ1v) is 18.2. The summed E-state index contributed by atoms with van der Waals surface area (Å²) in [4.78, 5) is 42.8. The van der Waals surface area contributed by atoms with Gasteiger partial charge in [0.05, 0.1) is 44.3 Å². The molecule has 0 aromatic carbocycles. The smallest absolute Gasteiger partial charge is 0.397 e. The first-order chi connectivity index (χ1) is 21.5. The molecule has 3 aliphatic rings. The van der Waals surface area contributed by atoms with Gasteiger partial charge in [-0.05, 0) is 22.4 Å². The molecule has 4 aromatic rings. The van der Waals surface area contributed by atoms with Gasteiger partial charge in [-0.1, -0.05) is 0 Å². The topological polar surface area (TPSA) is 259 Å². The Morgan fingerprint density at radius 2 is 1.98 bits per heavy atom. The van der Waals surface area contributed by atoms with Crippen molar-refractivity contribution in [1.29, 1.82) is 0 Å². The maximum atomic E-state index is 12.3. The average molecular weight is 703 g/mol. The Morgan fingerprint density at radius 1 is 1.22 bits per heavy atom. The summed E-state index contributed by atoms with van der Waals surface area (Å²) in [7, 11) is -2.41. The minimum Gasteiger partial charge on any atom is -0.397 e. The van der Waals surface area contributed by atoms with Crippen LogP contribution < -0.4 is 17.0 Å². The maximum absolute atomic E-state index is 12.3. The van der Waals surface area contributed by atoms with Crippen molar-refractivity contribution >= 4 is 72.0 Å². The van der Waals surface area contributed by atoms with Crippen LogP contribution in [0.4, 0.5) is 11.6 Å². The Kier molecular flexibility index (Phi) is 7.95. The number of hydrogen-bond donors (Lipinski definition) is 6. The van der Waals surface area contributed by atoms with E-state index in [0.29, 0.717) is 16.9 Å². The average Bonchev–Trinajstić information content (AvgIpc) is 3.80. The molecule has 3 saturated heterocycles. The van der Waals surface area contributed by atoms with Crippen molar-refractivity contribution < 1.29 is 42.3 Å². The number of nitrogen functional groups attached to an aromatic ring is 2. The van der Waals surface area contributed by atoms with E-state index >= 15 is 0 Å². The fraction of sp³-hybridized carbons (Fsp3) is 0.500. The molecule has 240 valence electrons. The number of hydrogen-bond acceptors (Lipinski definition) is 16.